The van der Waals surface area contributed by atoms with Crippen LogP contribution in [0.4, 0.5) is 11.4 Å². The van der Waals surface area contributed by atoms with Gasteiger partial charge in [-0.1, -0.05) is 6.07 Å². The van der Waals surface area contributed by atoms with Crippen LogP contribution in [-0.4, -0.2) is 38.3 Å². The first-order chi connectivity index (χ1) is 13.8. The number of amides is 1. The summed E-state index contributed by atoms with van der Waals surface area (Å²) < 4.78 is 11.4. The molecule has 2 heterocycles. The van der Waals surface area contributed by atoms with Gasteiger partial charge in [0.1, 0.15) is 12.4 Å². The van der Waals surface area contributed by atoms with Crippen molar-refractivity contribution in [3.8, 4) is 5.75 Å². The van der Waals surface area contributed by atoms with Gasteiger partial charge in [-0.2, -0.15) is 0 Å². The molecule has 2 aliphatic heterocycles. The average molecular weight is 380 g/mol. The topological polar surface area (TPSA) is 50.8 Å². The van der Waals surface area contributed by atoms with Crippen molar-refractivity contribution in [2.45, 2.75) is 38.2 Å². The van der Waals surface area contributed by atoms with Crippen molar-refractivity contribution in [2.24, 2.45) is 0 Å². The van der Waals surface area contributed by atoms with Crippen molar-refractivity contribution >= 4 is 17.3 Å². The second-order valence-electron chi connectivity index (χ2n) is 7.52. The number of benzene rings is 2. The number of nitrogens with zero attached hydrogens (tertiary/aromatic N) is 1. The third-order valence-electron chi connectivity index (χ3n) is 5.40. The number of rotatable bonds is 6. The molecule has 5 nitrogen and oxygen atoms in total. The van der Waals surface area contributed by atoms with Gasteiger partial charge in [-0.05, 0) is 74.6 Å². The van der Waals surface area contributed by atoms with E-state index in [1.54, 1.807) is 12.1 Å². The summed E-state index contributed by atoms with van der Waals surface area (Å²) in [6.07, 6.45) is 6.12. The van der Waals surface area contributed by atoms with Gasteiger partial charge in [-0.15, -0.1) is 0 Å². The van der Waals surface area contributed by atoms with E-state index in [9.17, 15) is 4.79 Å². The predicted molar refractivity (Wildman–Crippen MR) is 111 cm³/mol. The Kier molecular flexibility index (Phi) is 6.12. The van der Waals surface area contributed by atoms with Crippen LogP contribution in [0.25, 0.3) is 0 Å². The number of piperidine rings is 1. The Bertz CT molecular complexity index is 779. The molecule has 2 aromatic carbocycles. The van der Waals surface area contributed by atoms with Crippen molar-refractivity contribution in [1.29, 1.82) is 0 Å². The summed E-state index contributed by atoms with van der Waals surface area (Å²) in [5, 5.41) is 2.98. The highest BCUT2D eigenvalue weighted by Crippen LogP contribution is 2.23. The maximum absolute atomic E-state index is 12.6. The maximum Gasteiger partial charge on any atom is 0.255 e. The number of carbonyl (C=O) groups excluding carboxylic acids is 1. The molecule has 4 rings (SSSR count). The highest BCUT2D eigenvalue weighted by Gasteiger charge is 2.16. The molecule has 1 amide bonds. The van der Waals surface area contributed by atoms with Crippen molar-refractivity contribution < 1.29 is 14.3 Å². The van der Waals surface area contributed by atoms with Crippen LogP contribution in [0, 0.1) is 0 Å². The molecular formula is C23H28N2O3. The van der Waals surface area contributed by atoms with Crippen LogP contribution in [0.3, 0.4) is 0 Å². The second kappa shape index (κ2) is 9.11. The third-order valence-corrected chi connectivity index (χ3v) is 5.40. The molecule has 0 spiro atoms. The lowest BCUT2D eigenvalue weighted by molar-refractivity contribution is 0.0679. The van der Waals surface area contributed by atoms with E-state index < -0.39 is 0 Å². The van der Waals surface area contributed by atoms with E-state index in [0.717, 1.165) is 38.2 Å². The monoisotopic (exact) mass is 380 g/mol. The molecule has 2 aliphatic rings. The minimum Gasteiger partial charge on any atom is -0.491 e. The van der Waals surface area contributed by atoms with Crippen LogP contribution in [0.1, 0.15) is 42.5 Å². The van der Waals surface area contributed by atoms with E-state index in [-0.39, 0.29) is 12.0 Å². The van der Waals surface area contributed by atoms with Gasteiger partial charge in [-0.25, -0.2) is 0 Å². The Morgan fingerprint density at radius 2 is 1.89 bits per heavy atom. The Hall–Kier alpha value is -2.53. The molecule has 0 aromatic heterocycles. The van der Waals surface area contributed by atoms with E-state index in [4.69, 9.17) is 9.47 Å². The fourth-order valence-electron chi connectivity index (χ4n) is 3.80. The Labute approximate surface area is 166 Å². The summed E-state index contributed by atoms with van der Waals surface area (Å²) in [4.78, 5) is 15.0. The van der Waals surface area contributed by atoms with Crippen LogP contribution in [-0.2, 0) is 4.74 Å². The first kappa shape index (κ1) is 18.8. The normalized spacial score (nSPS) is 19.4. The van der Waals surface area contributed by atoms with Gasteiger partial charge in [0, 0.05) is 36.6 Å². The molecule has 0 saturated carbocycles. The van der Waals surface area contributed by atoms with E-state index in [1.807, 2.05) is 24.3 Å². The van der Waals surface area contributed by atoms with Gasteiger partial charge < -0.3 is 19.7 Å². The molecule has 0 aliphatic carbocycles. The fourth-order valence-corrected chi connectivity index (χ4v) is 3.80. The lowest BCUT2D eigenvalue weighted by Gasteiger charge is -2.28. The smallest absolute Gasteiger partial charge is 0.255 e. The fraction of sp³-hybridized carbons (Fsp3) is 0.435. The van der Waals surface area contributed by atoms with Crippen LogP contribution in [0.2, 0.25) is 0 Å². The van der Waals surface area contributed by atoms with Gasteiger partial charge in [0.2, 0.25) is 0 Å². The summed E-state index contributed by atoms with van der Waals surface area (Å²) in [5.41, 5.74) is 2.61. The van der Waals surface area contributed by atoms with Crippen molar-refractivity contribution in [2.75, 3.05) is 36.5 Å². The summed E-state index contributed by atoms with van der Waals surface area (Å²) >= 11 is 0. The van der Waals surface area contributed by atoms with E-state index in [0.29, 0.717) is 17.9 Å². The lowest BCUT2D eigenvalue weighted by atomic mass is 10.1. The highest BCUT2D eigenvalue weighted by atomic mass is 16.5. The molecule has 2 saturated heterocycles. The van der Waals surface area contributed by atoms with Crippen LogP contribution < -0.4 is 15.0 Å². The van der Waals surface area contributed by atoms with Crippen LogP contribution in [0.5, 0.6) is 5.75 Å². The first-order valence-corrected chi connectivity index (χ1v) is 10.3. The Morgan fingerprint density at radius 3 is 2.64 bits per heavy atom. The van der Waals surface area contributed by atoms with Crippen LogP contribution >= 0.6 is 0 Å². The average Bonchev–Trinajstić information content (AvgIpc) is 3.27. The van der Waals surface area contributed by atoms with Crippen molar-refractivity contribution in [3.05, 3.63) is 54.1 Å². The Balaban J connectivity index is 1.34. The third kappa shape index (κ3) is 4.84. The zero-order valence-electron chi connectivity index (χ0n) is 16.2. The molecule has 2 aromatic rings. The van der Waals surface area contributed by atoms with Crippen LogP contribution in [0.15, 0.2) is 48.5 Å². The number of hydrogen-bond donors (Lipinski definition) is 1. The number of ether oxygens (including phenoxy) is 2. The Morgan fingerprint density at radius 1 is 1.07 bits per heavy atom. The molecule has 2 fully saturated rings. The van der Waals surface area contributed by atoms with E-state index >= 15 is 0 Å². The number of anilines is 2. The van der Waals surface area contributed by atoms with Crippen molar-refractivity contribution in [1.82, 2.24) is 0 Å². The summed E-state index contributed by atoms with van der Waals surface area (Å²) in [5.74, 6) is 0.567. The molecule has 1 N–H and O–H groups in total. The van der Waals surface area contributed by atoms with Gasteiger partial charge in [0.25, 0.3) is 5.91 Å². The molecule has 5 heteroatoms. The minimum atomic E-state index is -0.131. The molecular weight excluding hydrogens is 352 g/mol. The van der Waals surface area contributed by atoms with E-state index in [1.165, 1.54) is 24.9 Å². The van der Waals surface area contributed by atoms with E-state index in [2.05, 4.69) is 22.3 Å². The standard InChI is InChI=1S/C23H28N2O3/c26-23(18-6-4-7-21(16-18)28-17-22-8-5-15-27-22)24-19-9-11-20(12-10-19)25-13-2-1-3-14-25/h4,6-7,9-12,16,22H,1-3,5,8,13-15,17H2,(H,24,26). The lowest BCUT2D eigenvalue weighted by Crippen LogP contribution is -2.29. The summed E-state index contributed by atoms with van der Waals surface area (Å²) in [7, 11) is 0. The van der Waals surface area contributed by atoms with Gasteiger partial charge in [0.15, 0.2) is 0 Å². The highest BCUT2D eigenvalue weighted by molar-refractivity contribution is 6.04. The molecule has 1 unspecified atom stereocenters. The molecule has 28 heavy (non-hydrogen) atoms. The summed E-state index contributed by atoms with van der Waals surface area (Å²) in [6.45, 7) is 3.57. The van der Waals surface area contributed by atoms with Gasteiger partial charge in [0.05, 0.1) is 6.10 Å². The maximum atomic E-state index is 12.6. The molecule has 0 bridgehead atoms. The quantitative estimate of drug-likeness (QED) is 0.802. The first-order valence-electron chi connectivity index (χ1n) is 10.3. The van der Waals surface area contributed by atoms with Gasteiger partial charge >= 0.3 is 0 Å². The SMILES string of the molecule is O=C(Nc1ccc(N2CCCCC2)cc1)c1cccc(OCC2CCCO2)c1. The summed E-state index contributed by atoms with van der Waals surface area (Å²) in [6, 6.07) is 15.4. The number of carbonyl (C=O) groups is 1. The number of hydrogen-bond acceptors (Lipinski definition) is 4. The predicted octanol–water partition coefficient (Wildman–Crippen LogP) is 4.49. The molecule has 148 valence electrons. The zero-order chi connectivity index (χ0) is 19.2. The van der Waals surface area contributed by atoms with Gasteiger partial charge in [-0.3, -0.25) is 4.79 Å². The largest absolute Gasteiger partial charge is 0.491 e. The number of nitrogens with one attached hydrogen (secondary N) is 1. The molecule has 0 radical (unpaired) electrons. The molecule has 1 atom stereocenters. The second-order valence-corrected chi connectivity index (χ2v) is 7.52. The zero-order valence-corrected chi connectivity index (χ0v) is 16.2. The van der Waals surface area contributed by atoms with Crippen molar-refractivity contribution in [3.63, 3.8) is 0 Å². The minimum absolute atomic E-state index is 0.131.